The number of aliphatic carboxylic acids is 1. The first kappa shape index (κ1) is 13.4. The van der Waals surface area contributed by atoms with Crippen LogP contribution in [0.15, 0.2) is 10.6 Å². The number of hydrogen-bond acceptors (Lipinski definition) is 5. The number of amides is 1. The van der Waals surface area contributed by atoms with E-state index in [-0.39, 0.29) is 17.0 Å². The van der Waals surface area contributed by atoms with Crippen molar-refractivity contribution in [1.29, 1.82) is 0 Å². The normalized spacial score (nSPS) is 28.2. The van der Waals surface area contributed by atoms with E-state index in [9.17, 15) is 19.8 Å². The molecule has 6 nitrogen and oxygen atoms in total. The van der Waals surface area contributed by atoms with Crippen molar-refractivity contribution in [1.82, 2.24) is 4.90 Å². The molecule has 2 aliphatic heterocycles. The molecule has 100 valence electrons. The van der Waals surface area contributed by atoms with E-state index in [0.717, 1.165) is 0 Å². The Kier molecular flexibility index (Phi) is 3.65. The van der Waals surface area contributed by atoms with E-state index in [2.05, 4.69) is 0 Å². The topological polar surface area (TPSA) is 104 Å². The molecule has 18 heavy (non-hydrogen) atoms. The highest BCUT2D eigenvalue weighted by Crippen LogP contribution is 2.51. The highest BCUT2D eigenvalue weighted by atomic mass is 32.2. The molecule has 2 aliphatic rings. The molecule has 1 saturated heterocycles. The lowest BCUT2D eigenvalue weighted by molar-refractivity contribution is -0.156. The number of β-lactam (4-membered cyclic amide) rings is 1. The quantitative estimate of drug-likeness (QED) is 0.605. The summed E-state index contributed by atoms with van der Waals surface area (Å²) in [6.45, 7) is 2.04. The lowest BCUT2D eigenvalue weighted by Gasteiger charge is -2.43. The van der Waals surface area contributed by atoms with E-state index in [1.165, 1.54) is 16.7 Å². The van der Waals surface area contributed by atoms with Gasteiger partial charge < -0.3 is 15.9 Å². The fourth-order valence-corrected chi connectivity index (χ4v) is 3.95. The number of thioether (sulfide) groups is 1. The molecular weight excluding hydrogens is 256 g/mol. The summed E-state index contributed by atoms with van der Waals surface area (Å²) in [5, 5.41) is 18.5. The Morgan fingerprint density at radius 3 is 2.78 bits per heavy atom. The summed E-state index contributed by atoms with van der Waals surface area (Å²) in [6, 6.07) is 0. The van der Waals surface area contributed by atoms with Gasteiger partial charge in [-0.3, -0.25) is 9.69 Å². The Hall–Kier alpha value is -1.05. The van der Waals surface area contributed by atoms with Gasteiger partial charge in [0.1, 0.15) is 11.1 Å². The number of aliphatic hydroxyl groups is 1. The van der Waals surface area contributed by atoms with Crippen LogP contribution in [0.5, 0.6) is 0 Å². The fraction of sp³-hybridized carbons (Fsp3) is 0.636. The molecule has 1 fully saturated rings. The maximum Gasteiger partial charge on any atom is 0.353 e. The van der Waals surface area contributed by atoms with Gasteiger partial charge in [0.15, 0.2) is 0 Å². The van der Waals surface area contributed by atoms with Gasteiger partial charge in [0.05, 0.1) is 12.0 Å². The summed E-state index contributed by atoms with van der Waals surface area (Å²) in [6.07, 6.45) is 0.498. The lowest BCUT2D eigenvalue weighted by atomic mass is 9.92. The average Bonchev–Trinajstić information content (AvgIpc) is 2.60. The molecule has 4 N–H and O–H groups in total. The summed E-state index contributed by atoms with van der Waals surface area (Å²) >= 11 is 1.37. The van der Waals surface area contributed by atoms with Gasteiger partial charge in [-0.25, -0.2) is 4.79 Å². The van der Waals surface area contributed by atoms with Crippen LogP contribution in [0, 0.1) is 5.92 Å². The first-order chi connectivity index (χ1) is 8.49. The van der Waals surface area contributed by atoms with Gasteiger partial charge in [0, 0.05) is 4.91 Å². The molecule has 0 aliphatic carbocycles. The predicted molar refractivity (Wildman–Crippen MR) is 66.3 cm³/mol. The number of carboxylic acids is 1. The fourth-order valence-electron chi connectivity index (χ4n) is 2.29. The number of hydrogen-bond donors (Lipinski definition) is 3. The number of fused-ring (bicyclic) bond motifs is 1. The second-order valence-electron chi connectivity index (χ2n) is 4.45. The third-order valence-corrected chi connectivity index (χ3v) is 4.61. The summed E-state index contributed by atoms with van der Waals surface area (Å²) in [5.74, 6) is -1.89. The van der Waals surface area contributed by atoms with E-state index in [4.69, 9.17) is 5.73 Å². The van der Waals surface area contributed by atoms with E-state index in [1.54, 1.807) is 6.92 Å². The van der Waals surface area contributed by atoms with Crippen LogP contribution in [-0.2, 0) is 9.59 Å². The number of carbonyl (C=O) groups excluding carboxylic acids is 1. The molecule has 0 aromatic heterocycles. The smallest absolute Gasteiger partial charge is 0.353 e. The van der Waals surface area contributed by atoms with Crippen molar-refractivity contribution >= 4 is 23.6 Å². The largest absolute Gasteiger partial charge is 0.477 e. The highest BCUT2D eigenvalue weighted by Gasteiger charge is 2.57. The average molecular weight is 272 g/mol. The van der Waals surface area contributed by atoms with E-state index < -0.39 is 18.0 Å². The number of aliphatic hydroxyl groups excluding tert-OH is 1. The number of nitrogens with two attached hydrogens (primary N) is 1. The van der Waals surface area contributed by atoms with Crippen molar-refractivity contribution in [2.75, 3.05) is 6.54 Å². The number of nitrogens with zero attached hydrogens (tertiary/aromatic N) is 1. The SMILES string of the molecule is CC(O)C1C(=O)N2C(C(=O)O)=C(CCCN)S[C@@H]12. The molecule has 0 saturated carbocycles. The summed E-state index contributed by atoms with van der Waals surface area (Å²) in [5.41, 5.74) is 5.49. The molecule has 0 aromatic carbocycles. The minimum Gasteiger partial charge on any atom is -0.477 e. The Labute approximate surface area is 109 Å². The van der Waals surface area contributed by atoms with Crippen molar-refractivity contribution in [3.63, 3.8) is 0 Å². The van der Waals surface area contributed by atoms with Gasteiger partial charge in [0.2, 0.25) is 5.91 Å². The summed E-state index contributed by atoms with van der Waals surface area (Å²) < 4.78 is 0. The molecule has 7 heteroatoms. The second kappa shape index (κ2) is 4.91. The predicted octanol–water partition coefficient (Wildman–Crippen LogP) is -0.0664. The van der Waals surface area contributed by atoms with E-state index in [1.807, 2.05) is 0 Å². The molecule has 2 unspecified atom stereocenters. The molecular formula is C11H16N2O4S. The first-order valence-corrected chi connectivity index (χ1v) is 6.71. The minimum atomic E-state index is -1.09. The van der Waals surface area contributed by atoms with Crippen LogP contribution in [0.4, 0.5) is 0 Å². The maximum absolute atomic E-state index is 11.8. The van der Waals surface area contributed by atoms with E-state index in [0.29, 0.717) is 24.3 Å². The zero-order chi connectivity index (χ0) is 13.4. The van der Waals surface area contributed by atoms with Crippen molar-refractivity contribution in [2.45, 2.75) is 31.2 Å². The second-order valence-corrected chi connectivity index (χ2v) is 5.66. The number of carbonyl (C=O) groups is 2. The molecule has 0 bridgehead atoms. The van der Waals surface area contributed by atoms with Crippen molar-refractivity contribution in [3.05, 3.63) is 10.6 Å². The Morgan fingerprint density at radius 2 is 2.28 bits per heavy atom. The molecule has 2 rings (SSSR count). The van der Waals surface area contributed by atoms with Crippen molar-refractivity contribution in [2.24, 2.45) is 11.7 Å². The molecule has 0 radical (unpaired) electrons. The third kappa shape index (κ3) is 1.92. The first-order valence-electron chi connectivity index (χ1n) is 5.83. The standard InChI is InChI=1S/C11H16N2O4S/c1-5(14)7-9(15)13-8(11(16)17)6(3-2-4-12)18-10(7)13/h5,7,10,14H,2-4,12H2,1H3,(H,16,17)/t5?,7?,10-/m0/s1. The van der Waals surface area contributed by atoms with Crippen LogP contribution in [0.1, 0.15) is 19.8 Å². The number of carboxylic acid groups (broad SMARTS) is 1. The van der Waals surface area contributed by atoms with Crippen LogP contribution < -0.4 is 5.73 Å². The Bertz CT molecular complexity index is 421. The monoisotopic (exact) mass is 272 g/mol. The minimum absolute atomic E-state index is 0.0698. The summed E-state index contributed by atoms with van der Waals surface area (Å²) in [4.78, 5) is 25.1. The van der Waals surface area contributed by atoms with Gasteiger partial charge in [-0.2, -0.15) is 0 Å². The van der Waals surface area contributed by atoms with Gasteiger partial charge >= 0.3 is 5.97 Å². The Morgan fingerprint density at radius 1 is 1.61 bits per heavy atom. The zero-order valence-corrected chi connectivity index (χ0v) is 10.8. The summed E-state index contributed by atoms with van der Waals surface area (Å²) in [7, 11) is 0. The van der Waals surface area contributed by atoms with Gasteiger partial charge in [-0.1, -0.05) is 0 Å². The van der Waals surface area contributed by atoms with Crippen LogP contribution in [0.25, 0.3) is 0 Å². The van der Waals surface area contributed by atoms with Gasteiger partial charge in [0.25, 0.3) is 0 Å². The van der Waals surface area contributed by atoms with Crippen LogP contribution in [0.3, 0.4) is 0 Å². The Balaban J connectivity index is 2.21. The van der Waals surface area contributed by atoms with Crippen LogP contribution in [0.2, 0.25) is 0 Å². The molecule has 2 heterocycles. The maximum atomic E-state index is 11.8. The highest BCUT2D eigenvalue weighted by molar-refractivity contribution is 8.04. The van der Waals surface area contributed by atoms with Crippen molar-refractivity contribution < 1.29 is 19.8 Å². The van der Waals surface area contributed by atoms with E-state index >= 15 is 0 Å². The lowest BCUT2D eigenvalue weighted by Crippen LogP contribution is -2.60. The van der Waals surface area contributed by atoms with Crippen molar-refractivity contribution in [3.8, 4) is 0 Å². The molecule has 0 spiro atoms. The molecule has 3 atom stereocenters. The molecule has 1 amide bonds. The zero-order valence-electron chi connectivity index (χ0n) is 10.00. The number of allylic oxidation sites excluding steroid dienone is 1. The third-order valence-electron chi connectivity index (χ3n) is 3.18. The van der Waals surface area contributed by atoms with Gasteiger partial charge in [-0.05, 0) is 26.3 Å². The van der Waals surface area contributed by atoms with Crippen LogP contribution in [-0.4, -0.2) is 45.0 Å². The number of rotatable bonds is 5. The van der Waals surface area contributed by atoms with Crippen LogP contribution >= 0.6 is 11.8 Å². The van der Waals surface area contributed by atoms with Gasteiger partial charge in [-0.15, -0.1) is 11.8 Å². The molecule has 0 aromatic rings.